The normalized spacial score (nSPS) is 17.2. The van der Waals surface area contributed by atoms with Crippen molar-refractivity contribution in [3.63, 3.8) is 0 Å². The van der Waals surface area contributed by atoms with E-state index in [0.29, 0.717) is 24.8 Å². The number of carbonyl (C=O) groups is 1. The Hall–Kier alpha value is -2.63. The summed E-state index contributed by atoms with van der Waals surface area (Å²) in [6, 6.07) is 9.71. The predicted molar refractivity (Wildman–Crippen MR) is 99.4 cm³/mol. The van der Waals surface area contributed by atoms with Crippen LogP contribution in [0.15, 0.2) is 40.4 Å². The van der Waals surface area contributed by atoms with E-state index in [1.165, 1.54) is 5.57 Å². The van der Waals surface area contributed by atoms with Gasteiger partial charge in [0.15, 0.2) is 5.82 Å². The van der Waals surface area contributed by atoms with Gasteiger partial charge in [0, 0.05) is 18.7 Å². The number of benzene rings is 1. The Morgan fingerprint density at radius 1 is 1.19 bits per heavy atom. The molecule has 0 unspecified atom stereocenters. The zero-order chi connectivity index (χ0) is 18.6. The summed E-state index contributed by atoms with van der Waals surface area (Å²) in [7, 11) is 0. The predicted octanol–water partition coefficient (Wildman–Crippen LogP) is 4.54. The van der Waals surface area contributed by atoms with E-state index in [1.54, 1.807) is 4.90 Å². The van der Waals surface area contributed by atoms with Crippen molar-refractivity contribution in [3.05, 3.63) is 41.7 Å². The summed E-state index contributed by atoms with van der Waals surface area (Å²) in [5.41, 5.74) is 1.65. The number of nitrogens with zero attached hydrogens (tertiary/aromatic N) is 3. The van der Waals surface area contributed by atoms with Crippen LogP contribution in [0.1, 0.15) is 45.9 Å². The third kappa shape index (κ3) is 4.94. The number of amides is 1. The molecular weight excluding hydrogens is 330 g/mol. The summed E-state index contributed by atoms with van der Waals surface area (Å²) in [6.45, 7) is 7.00. The average Bonchev–Trinajstić information content (AvgIpc) is 2.92. The zero-order valence-electron chi connectivity index (χ0n) is 15.6. The fourth-order valence-electron chi connectivity index (χ4n) is 2.84. The van der Waals surface area contributed by atoms with Crippen molar-refractivity contribution in [1.29, 1.82) is 0 Å². The van der Waals surface area contributed by atoms with Crippen LogP contribution in [0, 0.1) is 0 Å². The van der Waals surface area contributed by atoms with Crippen LogP contribution in [0.4, 0.5) is 4.79 Å². The summed E-state index contributed by atoms with van der Waals surface area (Å²) in [4.78, 5) is 18.5. The van der Waals surface area contributed by atoms with Gasteiger partial charge in [0.2, 0.25) is 0 Å². The molecule has 1 saturated heterocycles. The number of likely N-dealkylation sites (tertiary alicyclic amines) is 1. The van der Waals surface area contributed by atoms with E-state index in [-0.39, 0.29) is 6.09 Å². The highest BCUT2D eigenvalue weighted by Gasteiger charge is 2.23. The number of carbonyl (C=O) groups excluding carboxylic acids is 1. The lowest BCUT2D eigenvalue weighted by Gasteiger charge is -2.26. The molecule has 0 atom stereocenters. The van der Waals surface area contributed by atoms with Crippen LogP contribution >= 0.6 is 0 Å². The van der Waals surface area contributed by atoms with Crippen molar-refractivity contribution >= 4 is 12.2 Å². The Morgan fingerprint density at radius 2 is 1.96 bits per heavy atom. The number of hydrogen-bond donors (Lipinski definition) is 0. The van der Waals surface area contributed by atoms with Crippen LogP contribution in [-0.2, 0) is 4.74 Å². The average molecular weight is 355 g/mol. The molecule has 1 amide bonds. The van der Waals surface area contributed by atoms with Gasteiger partial charge in [-0.1, -0.05) is 28.9 Å². The minimum atomic E-state index is -0.472. The van der Waals surface area contributed by atoms with E-state index in [4.69, 9.17) is 9.26 Å². The molecule has 0 bridgehead atoms. The molecule has 6 nitrogen and oxygen atoms in total. The Bertz CT molecular complexity index is 775. The molecular formula is C20H25N3O3. The van der Waals surface area contributed by atoms with Gasteiger partial charge in [0.25, 0.3) is 5.89 Å². The molecule has 0 aliphatic carbocycles. The molecule has 138 valence electrons. The Labute approximate surface area is 153 Å². The van der Waals surface area contributed by atoms with Crippen molar-refractivity contribution in [2.24, 2.45) is 0 Å². The van der Waals surface area contributed by atoms with E-state index in [2.05, 4.69) is 10.1 Å². The van der Waals surface area contributed by atoms with Gasteiger partial charge >= 0.3 is 6.09 Å². The van der Waals surface area contributed by atoms with Crippen LogP contribution in [0.2, 0.25) is 0 Å². The maximum atomic E-state index is 12.2. The fraction of sp³-hybridized carbons (Fsp3) is 0.450. The van der Waals surface area contributed by atoms with E-state index in [0.717, 1.165) is 24.8 Å². The van der Waals surface area contributed by atoms with Gasteiger partial charge in [0.05, 0.1) is 0 Å². The highest BCUT2D eigenvalue weighted by Crippen LogP contribution is 2.22. The maximum absolute atomic E-state index is 12.2. The van der Waals surface area contributed by atoms with Gasteiger partial charge in [-0.15, -0.1) is 0 Å². The first-order chi connectivity index (χ1) is 12.4. The Kier molecular flexibility index (Phi) is 5.40. The second-order valence-corrected chi connectivity index (χ2v) is 7.45. The fourth-order valence-corrected chi connectivity index (χ4v) is 2.84. The molecule has 2 heterocycles. The quantitative estimate of drug-likeness (QED) is 0.791. The molecule has 1 aromatic carbocycles. The first-order valence-corrected chi connectivity index (χ1v) is 8.97. The molecule has 3 rings (SSSR count). The molecule has 1 aliphatic heterocycles. The van der Waals surface area contributed by atoms with Gasteiger partial charge < -0.3 is 14.2 Å². The van der Waals surface area contributed by atoms with Crippen LogP contribution < -0.4 is 0 Å². The largest absolute Gasteiger partial charge is 0.444 e. The molecule has 0 spiro atoms. The second-order valence-electron chi connectivity index (χ2n) is 7.45. The van der Waals surface area contributed by atoms with E-state index in [1.807, 2.05) is 57.2 Å². The van der Waals surface area contributed by atoms with Crippen LogP contribution in [-0.4, -0.2) is 39.8 Å². The highest BCUT2D eigenvalue weighted by atomic mass is 16.6. The van der Waals surface area contributed by atoms with Crippen molar-refractivity contribution < 1.29 is 14.1 Å². The van der Waals surface area contributed by atoms with E-state index >= 15 is 0 Å². The molecule has 0 radical (unpaired) electrons. The zero-order valence-corrected chi connectivity index (χ0v) is 15.6. The van der Waals surface area contributed by atoms with Gasteiger partial charge in [-0.25, -0.2) is 4.79 Å². The van der Waals surface area contributed by atoms with Crippen molar-refractivity contribution in [3.8, 4) is 11.5 Å². The molecule has 0 saturated carbocycles. The molecule has 2 aromatic rings. The third-order valence-electron chi connectivity index (χ3n) is 4.08. The van der Waals surface area contributed by atoms with Gasteiger partial charge in [-0.3, -0.25) is 0 Å². The molecule has 26 heavy (non-hydrogen) atoms. The van der Waals surface area contributed by atoms with Crippen molar-refractivity contribution in [1.82, 2.24) is 15.0 Å². The van der Waals surface area contributed by atoms with E-state index in [9.17, 15) is 4.79 Å². The minimum absolute atomic E-state index is 0.246. The monoisotopic (exact) mass is 355 g/mol. The molecule has 0 N–H and O–H groups in total. The Morgan fingerprint density at radius 3 is 2.69 bits per heavy atom. The Balaban J connectivity index is 1.64. The topological polar surface area (TPSA) is 68.5 Å². The van der Waals surface area contributed by atoms with Crippen LogP contribution in [0.5, 0.6) is 0 Å². The second kappa shape index (κ2) is 7.72. The summed E-state index contributed by atoms with van der Waals surface area (Å²) in [5, 5.41) is 4.05. The summed E-state index contributed by atoms with van der Waals surface area (Å²) in [5.74, 6) is 1.09. The molecule has 1 fully saturated rings. The SMILES string of the molecule is CC(C)(C)OC(=O)N1CCCC(=Cc2noc(-c3ccccc3)n2)CC1. The van der Waals surface area contributed by atoms with Crippen LogP contribution in [0.25, 0.3) is 17.5 Å². The smallest absolute Gasteiger partial charge is 0.410 e. The lowest BCUT2D eigenvalue weighted by atomic mass is 10.1. The van der Waals surface area contributed by atoms with Gasteiger partial charge in [-0.2, -0.15) is 4.98 Å². The third-order valence-corrected chi connectivity index (χ3v) is 4.08. The maximum Gasteiger partial charge on any atom is 0.410 e. The van der Waals surface area contributed by atoms with Gasteiger partial charge in [-0.05, 0) is 58.2 Å². The number of hydrogen-bond acceptors (Lipinski definition) is 5. The van der Waals surface area contributed by atoms with Crippen LogP contribution in [0.3, 0.4) is 0 Å². The standard InChI is InChI=1S/C20H25N3O3/c1-20(2,3)25-19(24)23-12-7-8-15(11-13-23)14-17-21-18(26-22-17)16-9-5-4-6-10-16/h4-6,9-10,14H,7-8,11-13H2,1-3H3. The number of ether oxygens (including phenoxy) is 1. The first kappa shape index (κ1) is 18.2. The number of rotatable bonds is 2. The summed E-state index contributed by atoms with van der Waals surface area (Å²) < 4.78 is 10.8. The van der Waals surface area contributed by atoms with E-state index < -0.39 is 5.60 Å². The summed E-state index contributed by atoms with van der Waals surface area (Å²) >= 11 is 0. The van der Waals surface area contributed by atoms with Gasteiger partial charge in [0.1, 0.15) is 5.60 Å². The lowest BCUT2D eigenvalue weighted by molar-refractivity contribution is 0.0258. The summed E-state index contributed by atoms with van der Waals surface area (Å²) in [6.07, 6.45) is 4.32. The molecule has 6 heteroatoms. The lowest BCUT2D eigenvalue weighted by Crippen LogP contribution is -2.37. The van der Waals surface area contributed by atoms with Crippen molar-refractivity contribution in [2.45, 2.75) is 45.6 Å². The number of aromatic nitrogens is 2. The molecule has 1 aromatic heterocycles. The highest BCUT2D eigenvalue weighted by molar-refractivity contribution is 5.68. The van der Waals surface area contributed by atoms with Crippen molar-refractivity contribution in [2.75, 3.05) is 13.1 Å². The molecule has 1 aliphatic rings. The minimum Gasteiger partial charge on any atom is -0.444 e. The first-order valence-electron chi connectivity index (χ1n) is 8.97.